The summed E-state index contributed by atoms with van der Waals surface area (Å²) in [7, 11) is 0. The van der Waals surface area contributed by atoms with E-state index in [0.717, 1.165) is 0 Å². The zero-order valence-electron chi connectivity index (χ0n) is 11.2. The van der Waals surface area contributed by atoms with E-state index in [1.807, 2.05) is 0 Å². The second-order valence-corrected chi connectivity index (χ2v) is 5.43. The topological polar surface area (TPSA) is 85.6 Å². The Balaban J connectivity index is 2.37. The fraction of sp³-hybridized carbons (Fsp3) is 0.333. The van der Waals surface area contributed by atoms with Crippen LogP contribution in [0, 0.1) is 0 Å². The molecular formula is C12H13ClN4O3. The number of ether oxygens (including phenoxy) is 1. The molecule has 2 aromatic heterocycles. The van der Waals surface area contributed by atoms with Crippen molar-refractivity contribution < 1.29 is 14.3 Å². The SMILES string of the molecule is CC(C)(C)OC(=O)Nc1cc(Cl)nc2c(C=O)cnn12. The van der Waals surface area contributed by atoms with Gasteiger partial charge in [-0.1, -0.05) is 11.6 Å². The molecule has 0 fully saturated rings. The molecule has 0 saturated heterocycles. The first-order valence-corrected chi connectivity index (χ1v) is 6.17. The summed E-state index contributed by atoms with van der Waals surface area (Å²) in [5.41, 5.74) is -0.0868. The van der Waals surface area contributed by atoms with E-state index >= 15 is 0 Å². The summed E-state index contributed by atoms with van der Waals surface area (Å²) in [5, 5.41) is 6.62. The number of anilines is 1. The van der Waals surface area contributed by atoms with Gasteiger partial charge in [-0.15, -0.1) is 0 Å². The Bertz CT molecular complexity index is 675. The molecule has 0 spiro atoms. The van der Waals surface area contributed by atoms with E-state index < -0.39 is 11.7 Å². The lowest BCUT2D eigenvalue weighted by Gasteiger charge is -2.19. The van der Waals surface area contributed by atoms with E-state index in [1.165, 1.54) is 16.8 Å². The van der Waals surface area contributed by atoms with Crippen molar-refractivity contribution >= 4 is 35.4 Å². The van der Waals surface area contributed by atoms with Crippen molar-refractivity contribution in [2.24, 2.45) is 0 Å². The van der Waals surface area contributed by atoms with Gasteiger partial charge in [0, 0.05) is 6.07 Å². The third kappa shape index (κ3) is 3.05. The largest absolute Gasteiger partial charge is 0.444 e. The van der Waals surface area contributed by atoms with E-state index in [-0.39, 0.29) is 22.2 Å². The van der Waals surface area contributed by atoms with Crippen LogP contribution >= 0.6 is 11.6 Å². The van der Waals surface area contributed by atoms with Gasteiger partial charge in [-0.2, -0.15) is 9.61 Å². The lowest BCUT2D eigenvalue weighted by atomic mass is 10.2. The minimum atomic E-state index is -0.649. The molecule has 0 aromatic carbocycles. The van der Waals surface area contributed by atoms with Gasteiger partial charge in [0.15, 0.2) is 11.9 Å². The number of carbonyl (C=O) groups excluding carboxylic acids is 2. The first-order chi connectivity index (χ1) is 9.30. The third-order valence-corrected chi connectivity index (χ3v) is 2.42. The summed E-state index contributed by atoms with van der Waals surface area (Å²) in [5.74, 6) is 0.266. The van der Waals surface area contributed by atoms with Crippen LogP contribution in [-0.4, -0.2) is 32.6 Å². The van der Waals surface area contributed by atoms with E-state index in [0.29, 0.717) is 6.29 Å². The van der Waals surface area contributed by atoms with Gasteiger partial charge in [-0.3, -0.25) is 10.1 Å². The van der Waals surface area contributed by atoms with Crippen LogP contribution in [0.15, 0.2) is 12.3 Å². The Morgan fingerprint density at radius 2 is 2.20 bits per heavy atom. The van der Waals surface area contributed by atoms with Crippen molar-refractivity contribution in [3.8, 4) is 0 Å². The van der Waals surface area contributed by atoms with Crippen LogP contribution in [0.1, 0.15) is 31.1 Å². The maximum absolute atomic E-state index is 11.8. The molecule has 1 amide bonds. The fourth-order valence-corrected chi connectivity index (χ4v) is 1.71. The molecular weight excluding hydrogens is 284 g/mol. The van der Waals surface area contributed by atoms with E-state index in [9.17, 15) is 9.59 Å². The van der Waals surface area contributed by atoms with Crippen molar-refractivity contribution in [2.45, 2.75) is 26.4 Å². The maximum atomic E-state index is 11.8. The Labute approximate surface area is 119 Å². The quantitative estimate of drug-likeness (QED) is 0.680. The lowest BCUT2D eigenvalue weighted by molar-refractivity contribution is 0.0635. The molecule has 0 aliphatic carbocycles. The molecule has 0 bridgehead atoms. The number of carbonyl (C=O) groups is 2. The summed E-state index contributed by atoms with van der Waals surface area (Å²) >= 11 is 5.87. The highest BCUT2D eigenvalue weighted by Gasteiger charge is 2.18. The van der Waals surface area contributed by atoms with Crippen molar-refractivity contribution in [3.63, 3.8) is 0 Å². The zero-order chi connectivity index (χ0) is 14.9. The summed E-state index contributed by atoms with van der Waals surface area (Å²) in [6.45, 7) is 5.25. The number of fused-ring (bicyclic) bond motifs is 1. The lowest BCUT2D eigenvalue weighted by Crippen LogP contribution is -2.28. The molecule has 0 radical (unpaired) electrons. The molecule has 106 valence electrons. The molecule has 1 N–H and O–H groups in total. The van der Waals surface area contributed by atoms with E-state index in [1.54, 1.807) is 20.8 Å². The van der Waals surface area contributed by atoms with Gasteiger partial charge >= 0.3 is 6.09 Å². The van der Waals surface area contributed by atoms with Gasteiger partial charge in [-0.05, 0) is 20.8 Å². The average Bonchev–Trinajstić information content (AvgIpc) is 2.69. The second-order valence-electron chi connectivity index (χ2n) is 5.04. The van der Waals surface area contributed by atoms with Gasteiger partial charge in [0.05, 0.1) is 11.8 Å². The van der Waals surface area contributed by atoms with Crippen molar-refractivity contribution in [1.29, 1.82) is 0 Å². The highest BCUT2D eigenvalue weighted by molar-refractivity contribution is 6.29. The van der Waals surface area contributed by atoms with Crippen LogP contribution in [0.25, 0.3) is 5.65 Å². The van der Waals surface area contributed by atoms with Gasteiger partial charge < -0.3 is 4.74 Å². The number of hydrogen-bond acceptors (Lipinski definition) is 5. The number of aldehydes is 1. The summed E-state index contributed by atoms with van der Waals surface area (Å²) in [6.07, 6.45) is 1.30. The number of aromatic nitrogens is 3. The molecule has 2 aromatic rings. The minimum Gasteiger partial charge on any atom is -0.444 e. The van der Waals surface area contributed by atoms with Crippen molar-refractivity contribution in [3.05, 3.63) is 23.0 Å². The maximum Gasteiger partial charge on any atom is 0.413 e. The standard InChI is InChI=1S/C12H13ClN4O3/c1-12(2,3)20-11(19)16-9-4-8(13)15-10-7(6-18)5-14-17(9)10/h4-6H,1-3H3,(H,16,19). The van der Waals surface area contributed by atoms with Gasteiger partial charge in [-0.25, -0.2) is 9.78 Å². The number of nitrogens with zero attached hydrogens (tertiary/aromatic N) is 3. The predicted molar refractivity (Wildman–Crippen MR) is 73.2 cm³/mol. The Hall–Kier alpha value is -2.15. The number of amides is 1. The molecule has 7 nitrogen and oxygen atoms in total. The highest BCUT2D eigenvalue weighted by atomic mass is 35.5. The van der Waals surface area contributed by atoms with Crippen molar-refractivity contribution in [1.82, 2.24) is 14.6 Å². The minimum absolute atomic E-state index is 0.132. The smallest absolute Gasteiger partial charge is 0.413 e. The highest BCUT2D eigenvalue weighted by Crippen LogP contribution is 2.19. The Morgan fingerprint density at radius 3 is 2.80 bits per heavy atom. The molecule has 0 aliphatic rings. The number of nitrogens with one attached hydrogen (secondary N) is 1. The van der Waals surface area contributed by atoms with Crippen LogP contribution in [0.4, 0.5) is 10.6 Å². The first-order valence-electron chi connectivity index (χ1n) is 5.79. The molecule has 0 unspecified atom stereocenters. The first kappa shape index (κ1) is 14.3. The van der Waals surface area contributed by atoms with Crippen LogP contribution in [0.5, 0.6) is 0 Å². The summed E-state index contributed by atoms with van der Waals surface area (Å²) in [6, 6.07) is 1.42. The number of halogens is 1. The van der Waals surface area contributed by atoms with Crippen LogP contribution in [-0.2, 0) is 4.74 Å². The van der Waals surface area contributed by atoms with E-state index in [2.05, 4.69) is 15.4 Å². The van der Waals surface area contributed by atoms with Crippen molar-refractivity contribution in [2.75, 3.05) is 5.32 Å². The number of rotatable bonds is 2. The molecule has 0 atom stereocenters. The molecule has 0 aliphatic heterocycles. The Kier molecular flexibility index (Phi) is 3.63. The third-order valence-electron chi connectivity index (χ3n) is 2.22. The second kappa shape index (κ2) is 5.09. The predicted octanol–water partition coefficient (Wildman–Crippen LogP) is 2.54. The normalized spacial score (nSPS) is 11.4. The number of hydrogen-bond donors (Lipinski definition) is 1. The van der Waals surface area contributed by atoms with E-state index in [4.69, 9.17) is 16.3 Å². The summed E-state index contributed by atoms with van der Waals surface area (Å²) < 4.78 is 6.44. The molecule has 20 heavy (non-hydrogen) atoms. The monoisotopic (exact) mass is 296 g/mol. The summed E-state index contributed by atoms with van der Waals surface area (Å²) in [4.78, 5) is 26.6. The fourth-order valence-electron chi connectivity index (χ4n) is 1.53. The molecule has 2 rings (SSSR count). The van der Waals surface area contributed by atoms with Gasteiger partial charge in [0.2, 0.25) is 0 Å². The van der Waals surface area contributed by atoms with Crippen LogP contribution < -0.4 is 5.32 Å². The van der Waals surface area contributed by atoms with Crippen LogP contribution in [0.3, 0.4) is 0 Å². The molecule has 8 heteroatoms. The molecule has 0 saturated carbocycles. The molecule has 2 heterocycles. The zero-order valence-corrected chi connectivity index (χ0v) is 11.9. The van der Waals surface area contributed by atoms with Gasteiger partial charge in [0.1, 0.15) is 16.6 Å². The van der Waals surface area contributed by atoms with Crippen LogP contribution in [0.2, 0.25) is 5.15 Å². The Morgan fingerprint density at radius 1 is 1.50 bits per heavy atom. The average molecular weight is 297 g/mol. The van der Waals surface area contributed by atoms with Gasteiger partial charge in [0.25, 0.3) is 0 Å².